The summed E-state index contributed by atoms with van der Waals surface area (Å²) in [7, 11) is -2.52. The van der Waals surface area contributed by atoms with Crippen molar-refractivity contribution in [3.8, 4) is 22.5 Å². The average molecular weight is 665 g/mol. The van der Waals surface area contributed by atoms with Gasteiger partial charge in [0.05, 0.1) is 30.1 Å². The molecule has 3 heterocycles. The zero-order valence-corrected chi connectivity index (χ0v) is 26.6. The van der Waals surface area contributed by atoms with E-state index in [-0.39, 0.29) is 34.5 Å². The molecule has 1 atom stereocenters. The smallest absolute Gasteiger partial charge is 0.255 e. The number of likely N-dealkylation sites (tertiary alicyclic amines) is 1. The Bertz CT molecular complexity index is 2030. The first kappa shape index (κ1) is 31.4. The molecule has 0 bridgehead atoms. The second-order valence-electron chi connectivity index (χ2n) is 10.9. The third-order valence-corrected chi connectivity index (χ3v) is 10.1. The number of sulfonamides is 1. The van der Waals surface area contributed by atoms with E-state index >= 15 is 0 Å². The van der Waals surface area contributed by atoms with Crippen LogP contribution in [0, 0.1) is 5.82 Å². The van der Waals surface area contributed by atoms with Crippen LogP contribution in [-0.2, 0) is 10.0 Å². The topological polar surface area (TPSA) is 113 Å². The number of fused-ring (bicyclic) bond motifs is 1. The molecule has 46 heavy (non-hydrogen) atoms. The molecule has 5 aromatic rings. The second-order valence-corrected chi connectivity index (χ2v) is 13.7. The summed E-state index contributed by atoms with van der Waals surface area (Å²) in [5, 5.41) is 5.71. The third-order valence-electron chi connectivity index (χ3n) is 7.99. The number of amides is 2. The predicted octanol–water partition coefficient (Wildman–Crippen LogP) is 6.43. The van der Waals surface area contributed by atoms with E-state index in [1.165, 1.54) is 48.7 Å². The van der Waals surface area contributed by atoms with Crippen LogP contribution < -0.4 is 9.62 Å². The fraction of sp³-hybridized carbons (Fsp3) is 0.242. The van der Waals surface area contributed by atoms with E-state index in [1.54, 1.807) is 41.4 Å². The fourth-order valence-electron chi connectivity index (χ4n) is 5.92. The first-order valence-electron chi connectivity index (χ1n) is 14.5. The van der Waals surface area contributed by atoms with Crippen LogP contribution in [-0.4, -0.2) is 63.2 Å². The lowest BCUT2D eigenvalue weighted by atomic mass is 9.97. The summed E-state index contributed by atoms with van der Waals surface area (Å²) in [5.74, 6) is -0.993. The number of hydrogen-bond acceptors (Lipinski definition) is 7. The molecule has 1 saturated heterocycles. The SMILES string of the molecule is CNC(=O)c1c(-c2ccc(F)cc2)oc2cc(N(CCF)S(C)(=O)=O)c(-c3cccc(C(=O)N4CCCC4c4nccs4)c3)cc12. The van der Waals surface area contributed by atoms with Gasteiger partial charge in [0.2, 0.25) is 10.0 Å². The monoisotopic (exact) mass is 664 g/mol. The van der Waals surface area contributed by atoms with Crippen molar-refractivity contribution in [2.45, 2.75) is 18.9 Å². The van der Waals surface area contributed by atoms with E-state index in [0.29, 0.717) is 34.2 Å². The van der Waals surface area contributed by atoms with Crippen LogP contribution in [0.3, 0.4) is 0 Å². The molecule has 1 aliphatic heterocycles. The minimum absolute atomic E-state index is 0.113. The zero-order valence-electron chi connectivity index (χ0n) is 25.0. The van der Waals surface area contributed by atoms with Gasteiger partial charge < -0.3 is 14.6 Å². The Morgan fingerprint density at radius 3 is 2.59 bits per heavy atom. The van der Waals surface area contributed by atoms with Crippen LogP contribution in [0.1, 0.15) is 44.6 Å². The number of benzene rings is 3. The van der Waals surface area contributed by atoms with Crippen molar-refractivity contribution in [2.75, 3.05) is 37.4 Å². The van der Waals surface area contributed by atoms with Crippen LogP contribution in [0.25, 0.3) is 33.4 Å². The lowest BCUT2D eigenvalue weighted by Crippen LogP contribution is -2.32. The Hall–Kier alpha value is -4.62. The molecule has 2 amide bonds. The van der Waals surface area contributed by atoms with Gasteiger partial charge in [-0.05, 0) is 60.9 Å². The number of rotatable bonds is 9. The molecule has 238 valence electrons. The van der Waals surface area contributed by atoms with Gasteiger partial charge in [-0.1, -0.05) is 12.1 Å². The molecule has 9 nitrogen and oxygen atoms in total. The van der Waals surface area contributed by atoms with Gasteiger partial charge in [0.25, 0.3) is 11.8 Å². The quantitative estimate of drug-likeness (QED) is 0.194. The Morgan fingerprint density at radius 1 is 1.13 bits per heavy atom. The highest BCUT2D eigenvalue weighted by molar-refractivity contribution is 7.92. The maximum atomic E-state index is 13.8. The van der Waals surface area contributed by atoms with Crippen LogP contribution in [0.4, 0.5) is 14.5 Å². The summed E-state index contributed by atoms with van der Waals surface area (Å²) >= 11 is 1.50. The van der Waals surface area contributed by atoms with Crippen molar-refractivity contribution in [3.63, 3.8) is 0 Å². The average Bonchev–Trinajstić information content (AvgIpc) is 3.82. The van der Waals surface area contributed by atoms with E-state index in [9.17, 15) is 26.8 Å². The van der Waals surface area contributed by atoms with E-state index < -0.39 is 35.0 Å². The number of aromatic nitrogens is 1. The standard InChI is InChI=1S/C33H30F2N4O5S2/c1-36-31(40)29-25-18-24(21-5-3-6-22(17-21)33(41)38-14-4-7-26(38)32-37-13-16-45-32)27(39(15-12-34)46(2,42)43)19-28(25)44-30(29)20-8-10-23(35)11-9-20/h3,5-6,8-11,13,16-19,26H,4,7,12,14-15H2,1-2H3,(H,36,40). The van der Waals surface area contributed by atoms with Gasteiger partial charge >= 0.3 is 0 Å². The summed E-state index contributed by atoms with van der Waals surface area (Å²) in [4.78, 5) is 33.3. The number of carbonyl (C=O) groups excluding carboxylic acids is 2. The lowest BCUT2D eigenvalue weighted by Gasteiger charge is -2.25. The highest BCUT2D eigenvalue weighted by atomic mass is 32.2. The van der Waals surface area contributed by atoms with Crippen molar-refractivity contribution < 1.29 is 31.2 Å². The molecule has 13 heteroatoms. The summed E-state index contributed by atoms with van der Waals surface area (Å²) in [5.41, 5.74) is 2.07. The number of anilines is 1. The van der Waals surface area contributed by atoms with Crippen molar-refractivity contribution in [1.82, 2.24) is 15.2 Å². The Kier molecular flexibility index (Phi) is 8.62. The highest BCUT2D eigenvalue weighted by Gasteiger charge is 2.33. The number of furan rings is 1. The molecule has 0 radical (unpaired) electrons. The van der Waals surface area contributed by atoms with Crippen molar-refractivity contribution in [3.05, 3.63) is 94.2 Å². The Morgan fingerprint density at radius 2 is 1.91 bits per heavy atom. The molecule has 0 spiro atoms. The number of alkyl halides is 1. The molecule has 1 aliphatic rings. The normalized spacial score (nSPS) is 15.0. The number of carbonyl (C=O) groups is 2. The predicted molar refractivity (Wildman–Crippen MR) is 174 cm³/mol. The molecular formula is C33H30F2N4O5S2. The molecule has 0 aliphatic carbocycles. The molecular weight excluding hydrogens is 635 g/mol. The summed E-state index contributed by atoms with van der Waals surface area (Å²) in [6.45, 7) is -0.856. The van der Waals surface area contributed by atoms with E-state index in [1.807, 2.05) is 5.38 Å². The van der Waals surface area contributed by atoms with Gasteiger partial charge in [0, 0.05) is 53.3 Å². The van der Waals surface area contributed by atoms with E-state index in [0.717, 1.165) is 28.4 Å². The maximum absolute atomic E-state index is 13.8. The number of hydrogen-bond donors (Lipinski definition) is 1. The molecule has 3 aromatic carbocycles. The summed E-state index contributed by atoms with van der Waals surface area (Å²) in [6, 6.07) is 15.1. The number of halogens is 2. The van der Waals surface area contributed by atoms with Crippen LogP contribution in [0.5, 0.6) is 0 Å². The van der Waals surface area contributed by atoms with Gasteiger partial charge in [-0.15, -0.1) is 11.3 Å². The number of thiazole rings is 1. The zero-order chi connectivity index (χ0) is 32.6. The molecule has 1 unspecified atom stereocenters. The first-order chi connectivity index (χ1) is 22.1. The van der Waals surface area contributed by atoms with E-state index in [2.05, 4.69) is 10.3 Å². The molecule has 2 aromatic heterocycles. The molecule has 0 saturated carbocycles. The lowest BCUT2D eigenvalue weighted by molar-refractivity contribution is 0.0735. The Labute approximate surface area is 268 Å². The largest absolute Gasteiger partial charge is 0.455 e. The molecule has 1 N–H and O–H groups in total. The third kappa shape index (κ3) is 5.87. The van der Waals surface area contributed by atoms with Gasteiger partial charge in [0.1, 0.15) is 28.8 Å². The van der Waals surface area contributed by atoms with Crippen LogP contribution in [0.15, 0.2) is 76.7 Å². The van der Waals surface area contributed by atoms with Crippen molar-refractivity contribution in [1.29, 1.82) is 0 Å². The number of nitrogens with zero attached hydrogens (tertiary/aromatic N) is 3. The van der Waals surface area contributed by atoms with Gasteiger partial charge in [-0.2, -0.15) is 0 Å². The number of nitrogens with one attached hydrogen (secondary N) is 1. The van der Waals surface area contributed by atoms with Gasteiger partial charge in [-0.25, -0.2) is 22.2 Å². The second kappa shape index (κ2) is 12.6. The molecule has 1 fully saturated rings. The minimum atomic E-state index is -3.98. The van der Waals surface area contributed by atoms with Gasteiger partial charge in [0.15, 0.2) is 0 Å². The summed E-state index contributed by atoms with van der Waals surface area (Å²) in [6.07, 6.45) is 4.33. The Balaban J connectivity index is 1.54. The minimum Gasteiger partial charge on any atom is -0.455 e. The maximum Gasteiger partial charge on any atom is 0.255 e. The highest BCUT2D eigenvalue weighted by Crippen LogP contribution is 2.42. The van der Waals surface area contributed by atoms with E-state index in [4.69, 9.17) is 4.42 Å². The fourth-order valence-corrected chi connectivity index (χ4v) is 7.61. The first-order valence-corrected chi connectivity index (χ1v) is 17.3. The molecule has 6 rings (SSSR count). The van der Waals surface area contributed by atoms with Gasteiger partial charge in [-0.3, -0.25) is 13.9 Å². The van der Waals surface area contributed by atoms with Crippen LogP contribution >= 0.6 is 11.3 Å². The van der Waals surface area contributed by atoms with Crippen molar-refractivity contribution in [2.24, 2.45) is 0 Å². The van der Waals surface area contributed by atoms with Crippen LogP contribution in [0.2, 0.25) is 0 Å². The van der Waals surface area contributed by atoms with Crippen molar-refractivity contribution >= 4 is 49.8 Å². The summed E-state index contributed by atoms with van der Waals surface area (Å²) < 4.78 is 60.6.